The van der Waals surface area contributed by atoms with Gasteiger partial charge < -0.3 is 24.1 Å². The monoisotopic (exact) mass is 530 g/mol. The highest BCUT2D eigenvalue weighted by atomic mass is 16.5. The van der Waals surface area contributed by atoms with E-state index in [9.17, 15) is 9.90 Å². The average molecular weight is 531 g/mol. The van der Waals surface area contributed by atoms with Gasteiger partial charge in [0, 0.05) is 44.8 Å². The molecule has 0 aromatic heterocycles. The van der Waals surface area contributed by atoms with Crippen molar-refractivity contribution in [2.45, 2.75) is 20.0 Å². The van der Waals surface area contributed by atoms with Crippen LogP contribution < -0.4 is 18.9 Å². The summed E-state index contributed by atoms with van der Waals surface area (Å²) in [5.74, 6) is 1.88. The molecule has 2 aliphatic heterocycles. The highest BCUT2D eigenvalue weighted by Crippen LogP contribution is 2.44. The molecule has 0 radical (unpaired) electrons. The zero-order chi connectivity index (χ0) is 27.5. The number of methoxy groups -OCH3 is 3. The molecule has 2 aliphatic rings. The van der Waals surface area contributed by atoms with Crippen LogP contribution in [0.4, 0.5) is 0 Å². The maximum Gasteiger partial charge on any atom is 0.232 e. The highest BCUT2D eigenvalue weighted by molar-refractivity contribution is 6.16. The Morgan fingerprint density at radius 1 is 0.897 bits per heavy atom. The molecule has 1 fully saturated rings. The molecule has 1 saturated heterocycles. The summed E-state index contributed by atoms with van der Waals surface area (Å²) in [6, 6.07) is 15.7. The van der Waals surface area contributed by atoms with Crippen LogP contribution in [0.1, 0.15) is 32.6 Å². The molecule has 0 amide bonds. The third-order valence-corrected chi connectivity index (χ3v) is 7.34. The number of rotatable bonds is 8. The second-order valence-corrected chi connectivity index (χ2v) is 9.80. The Bertz CT molecular complexity index is 1390. The molecule has 39 heavy (non-hydrogen) atoms. The number of ether oxygens (including phenoxy) is 4. The van der Waals surface area contributed by atoms with Crippen molar-refractivity contribution in [3.63, 3.8) is 0 Å². The molecular formula is C31H34N2O6. The van der Waals surface area contributed by atoms with Gasteiger partial charge in [0.25, 0.3) is 0 Å². The van der Waals surface area contributed by atoms with Gasteiger partial charge in [-0.05, 0) is 42.3 Å². The highest BCUT2D eigenvalue weighted by Gasteiger charge is 2.34. The third-order valence-electron chi connectivity index (χ3n) is 7.34. The molecule has 0 atom stereocenters. The van der Waals surface area contributed by atoms with Crippen LogP contribution in [0.2, 0.25) is 0 Å². The van der Waals surface area contributed by atoms with Gasteiger partial charge in [0.1, 0.15) is 11.5 Å². The van der Waals surface area contributed by atoms with E-state index in [1.165, 1.54) is 19.8 Å². The molecule has 1 N–H and O–H groups in total. The number of phenols is 1. The second kappa shape index (κ2) is 11.4. The summed E-state index contributed by atoms with van der Waals surface area (Å²) in [4.78, 5) is 18.2. The van der Waals surface area contributed by atoms with Crippen molar-refractivity contribution in [3.05, 3.63) is 82.1 Å². The second-order valence-electron chi connectivity index (χ2n) is 9.80. The van der Waals surface area contributed by atoms with E-state index in [2.05, 4.69) is 34.1 Å². The van der Waals surface area contributed by atoms with Gasteiger partial charge in [-0.1, -0.05) is 30.3 Å². The van der Waals surface area contributed by atoms with Gasteiger partial charge in [-0.25, -0.2) is 0 Å². The summed E-state index contributed by atoms with van der Waals surface area (Å²) >= 11 is 0. The molecule has 3 aromatic carbocycles. The molecule has 0 spiro atoms. The molecule has 0 unspecified atom stereocenters. The maximum absolute atomic E-state index is 13.5. The number of nitrogens with zero attached hydrogens (tertiary/aromatic N) is 2. The number of Topliss-reactive ketones (excluding diaryl/α,β-unsaturated/α-hetero) is 1. The number of carbonyl (C=O) groups excluding carboxylic acids is 1. The van der Waals surface area contributed by atoms with E-state index in [1.54, 1.807) is 31.4 Å². The molecular weight excluding hydrogens is 496 g/mol. The van der Waals surface area contributed by atoms with E-state index in [0.717, 1.165) is 32.7 Å². The van der Waals surface area contributed by atoms with E-state index in [4.69, 9.17) is 18.9 Å². The molecule has 5 rings (SSSR count). The predicted octanol–water partition coefficient (Wildman–Crippen LogP) is 4.66. The number of phenolic OH excluding ortho intramolecular Hbond substituents is 1. The molecule has 8 nitrogen and oxygen atoms in total. The first-order valence-electron chi connectivity index (χ1n) is 13.0. The Morgan fingerprint density at radius 2 is 1.56 bits per heavy atom. The van der Waals surface area contributed by atoms with Crippen LogP contribution in [-0.2, 0) is 13.1 Å². The van der Waals surface area contributed by atoms with Crippen molar-refractivity contribution in [1.82, 2.24) is 9.80 Å². The lowest BCUT2D eigenvalue weighted by Gasteiger charge is -2.35. The van der Waals surface area contributed by atoms with Gasteiger partial charge in [-0.3, -0.25) is 14.6 Å². The van der Waals surface area contributed by atoms with Crippen LogP contribution in [0.5, 0.6) is 28.7 Å². The minimum absolute atomic E-state index is 0.135. The minimum Gasteiger partial charge on any atom is -0.507 e. The fraction of sp³-hybridized carbons (Fsp3) is 0.323. The van der Waals surface area contributed by atoms with Crippen molar-refractivity contribution in [2.24, 2.45) is 0 Å². The van der Waals surface area contributed by atoms with E-state index >= 15 is 0 Å². The zero-order valence-electron chi connectivity index (χ0n) is 22.8. The van der Waals surface area contributed by atoms with Crippen molar-refractivity contribution >= 4 is 11.9 Å². The van der Waals surface area contributed by atoms with E-state index in [0.29, 0.717) is 51.8 Å². The lowest BCUT2D eigenvalue weighted by molar-refractivity contribution is 0.101. The summed E-state index contributed by atoms with van der Waals surface area (Å²) in [5.41, 5.74) is 3.70. The Kier molecular flexibility index (Phi) is 7.77. The van der Waals surface area contributed by atoms with Crippen LogP contribution in [0.15, 0.2) is 54.3 Å². The normalized spacial score (nSPS) is 16.7. The first-order chi connectivity index (χ1) is 18.9. The minimum atomic E-state index is -0.228. The number of ketones is 1. The number of allylic oxidation sites excluding steroid dienone is 1. The summed E-state index contributed by atoms with van der Waals surface area (Å²) < 4.78 is 22.6. The molecule has 0 bridgehead atoms. The van der Waals surface area contributed by atoms with Gasteiger partial charge >= 0.3 is 0 Å². The summed E-state index contributed by atoms with van der Waals surface area (Å²) in [6.45, 7) is 6.79. The van der Waals surface area contributed by atoms with Crippen LogP contribution >= 0.6 is 0 Å². The smallest absolute Gasteiger partial charge is 0.232 e. The number of hydrogen-bond donors (Lipinski definition) is 1. The number of aromatic hydroxyl groups is 1. The number of fused-ring (bicyclic) bond motifs is 1. The first-order valence-corrected chi connectivity index (χ1v) is 13.0. The fourth-order valence-corrected chi connectivity index (χ4v) is 5.28. The van der Waals surface area contributed by atoms with Gasteiger partial charge in [0.2, 0.25) is 11.5 Å². The van der Waals surface area contributed by atoms with Crippen molar-refractivity contribution in [1.29, 1.82) is 0 Å². The number of benzene rings is 3. The predicted molar refractivity (Wildman–Crippen MR) is 149 cm³/mol. The molecule has 8 heteroatoms. The number of aryl methyl sites for hydroxylation is 1. The number of carbonyl (C=O) groups is 1. The van der Waals surface area contributed by atoms with Crippen LogP contribution in [0.3, 0.4) is 0 Å². The Hall–Kier alpha value is -4.01. The topological polar surface area (TPSA) is 80.7 Å². The van der Waals surface area contributed by atoms with Crippen molar-refractivity contribution in [3.8, 4) is 28.7 Å². The van der Waals surface area contributed by atoms with Gasteiger partial charge in [-0.15, -0.1) is 0 Å². The largest absolute Gasteiger partial charge is 0.507 e. The van der Waals surface area contributed by atoms with Gasteiger partial charge in [0.15, 0.2) is 17.3 Å². The SMILES string of the molecule is COc1ccc(/C=C2\Oc3c(CN4CCN(Cc5ccccc5)CC4)c(O)cc(C)c3C2=O)c(OC)c1OC. The van der Waals surface area contributed by atoms with E-state index < -0.39 is 0 Å². The number of hydrogen-bond acceptors (Lipinski definition) is 8. The van der Waals surface area contributed by atoms with Crippen LogP contribution in [0, 0.1) is 6.92 Å². The molecule has 204 valence electrons. The lowest BCUT2D eigenvalue weighted by atomic mass is 9.99. The third kappa shape index (κ3) is 5.30. The van der Waals surface area contributed by atoms with Gasteiger partial charge in [-0.2, -0.15) is 0 Å². The molecule has 0 saturated carbocycles. The zero-order valence-corrected chi connectivity index (χ0v) is 22.8. The summed E-state index contributed by atoms with van der Waals surface area (Å²) in [5, 5.41) is 10.9. The van der Waals surface area contributed by atoms with Crippen molar-refractivity contribution < 1.29 is 28.8 Å². The lowest BCUT2D eigenvalue weighted by Crippen LogP contribution is -2.45. The van der Waals surface area contributed by atoms with Crippen LogP contribution in [-0.4, -0.2) is 68.2 Å². The molecule has 3 aromatic rings. The maximum atomic E-state index is 13.5. The molecule has 0 aliphatic carbocycles. The van der Waals surface area contributed by atoms with Crippen LogP contribution in [0.25, 0.3) is 6.08 Å². The van der Waals surface area contributed by atoms with E-state index in [1.807, 2.05) is 13.0 Å². The fourth-order valence-electron chi connectivity index (χ4n) is 5.28. The van der Waals surface area contributed by atoms with Crippen molar-refractivity contribution in [2.75, 3.05) is 47.5 Å². The molecule has 2 heterocycles. The quantitative estimate of drug-likeness (QED) is 0.422. The Balaban J connectivity index is 1.37. The Labute approximate surface area is 229 Å². The number of piperazine rings is 1. The van der Waals surface area contributed by atoms with E-state index in [-0.39, 0.29) is 17.3 Å². The first kappa shape index (κ1) is 26.6. The van der Waals surface area contributed by atoms with Gasteiger partial charge in [0.05, 0.1) is 32.5 Å². The standard InChI is InChI=1S/C31H34N2O6/c1-20-16-24(34)23(19-33-14-12-32(13-15-33)18-21-8-6-5-7-9-21)30-27(20)28(35)26(39-30)17-22-10-11-25(36-2)31(38-4)29(22)37-3/h5-11,16-17,34H,12-15,18-19H2,1-4H3/b26-17-. The Morgan fingerprint density at radius 3 is 2.21 bits per heavy atom. The average Bonchev–Trinajstić information content (AvgIpc) is 3.28. The summed E-state index contributed by atoms with van der Waals surface area (Å²) in [7, 11) is 4.62. The summed E-state index contributed by atoms with van der Waals surface area (Å²) in [6.07, 6.45) is 1.64.